The fourth-order valence-corrected chi connectivity index (χ4v) is 3.04. The van der Waals surface area contributed by atoms with Crippen LogP contribution in [0.15, 0.2) is 40.9 Å². The molecule has 0 aliphatic heterocycles. The van der Waals surface area contributed by atoms with Gasteiger partial charge in [-0.1, -0.05) is 39.7 Å². The molecule has 0 saturated carbocycles. The summed E-state index contributed by atoms with van der Waals surface area (Å²) >= 11 is 9.42. The normalized spacial score (nSPS) is 12.4. The van der Waals surface area contributed by atoms with Crippen LogP contribution in [0.25, 0.3) is 0 Å². The Labute approximate surface area is 132 Å². The minimum absolute atomic E-state index is 0.161. The van der Waals surface area contributed by atoms with Crippen molar-refractivity contribution in [3.05, 3.63) is 68.4 Å². The molecule has 1 nitrogen and oxygen atoms in total. The van der Waals surface area contributed by atoms with Gasteiger partial charge in [-0.15, -0.1) is 0 Å². The van der Waals surface area contributed by atoms with Gasteiger partial charge in [0.2, 0.25) is 0 Å². The predicted molar refractivity (Wildman–Crippen MR) is 85.8 cm³/mol. The Bertz CT molecular complexity index is 615. The van der Waals surface area contributed by atoms with E-state index >= 15 is 0 Å². The van der Waals surface area contributed by atoms with Gasteiger partial charge in [0.25, 0.3) is 0 Å². The first kappa shape index (κ1) is 15.5. The fraction of sp³-hybridized carbons (Fsp3) is 0.250. The Kier molecular flexibility index (Phi) is 5.19. The smallest absolute Gasteiger partial charge is 0.124 e. The quantitative estimate of drug-likeness (QED) is 0.808. The van der Waals surface area contributed by atoms with Crippen LogP contribution in [0.2, 0.25) is 5.02 Å². The highest BCUT2D eigenvalue weighted by Crippen LogP contribution is 2.27. The van der Waals surface area contributed by atoms with Gasteiger partial charge in [0, 0.05) is 15.5 Å². The highest BCUT2D eigenvalue weighted by Gasteiger charge is 2.14. The third-order valence-electron chi connectivity index (χ3n) is 3.39. The highest BCUT2D eigenvalue weighted by atomic mass is 79.9. The summed E-state index contributed by atoms with van der Waals surface area (Å²) in [6, 6.07) is 10.9. The predicted octanol–water partition coefficient (Wildman–Crippen LogP) is 5.05. The van der Waals surface area contributed by atoms with E-state index in [1.165, 1.54) is 17.7 Å². The number of benzene rings is 2. The standard InChI is InChI=1S/C16H16BrClFN/c1-10-7-12(18)4-6-14(10)16(20-2)8-11-3-5-13(19)9-15(11)17/h3-7,9,16,20H,8H2,1-2H3. The van der Waals surface area contributed by atoms with Gasteiger partial charge in [-0.2, -0.15) is 0 Å². The van der Waals surface area contributed by atoms with Gasteiger partial charge in [-0.3, -0.25) is 0 Å². The van der Waals surface area contributed by atoms with Crippen LogP contribution in [-0.4, -0.2) is 7.05 Å². The first-order valence-corrected chi connectivity index (χ1v) is 7.55. The van der Waals surface area contributed by atoms with Gasteiger partial charge >= 0.3 is 0 Å². The topological polar surface area (TPSA) is 12.0 Å². The van der Waals surface area contributed by atoms with Crippen molar-refractivity contribution in [2.24, 2.45) is 0 Å². The van der Waals surface area contributed by atoms with Crippen LogP contribution in [-0.2, 0) is 6.42 Å². The summed E-state index contributed by atoms with van der Waals surface area (Å²) in [6.45, 7) is 2.05. The zero-order chi connectivity index (χ0) is 14.7. The van der Waals surface area contributed by atoms with E-state index in [0.29, 0.717) is 0 Å². The van der Waals surface area contributed by atoms with Crippen LogP contribution in [0, 0.1) is 12.7 Å². The molecule has 0 fully saturated rings. The van der Waals surface area contributed by atoms with E-state index < -0.39 is 0 Å². The van der Waals surface area contributed by atoms with Crippen molar-refractivity contribution >= 4 is 27.5 Å². The van der Waals surface area contributed by atoms with Crippen molar-refractivity contribution < 1.29 is 4.39 Å². The molecule has 0 bridgehead atoms. The van der Waals surface area contributed by atoms with Gasteiger partial charge in [-0.25, -0.2) is 4.39 Å². The monoisotopic (exact) mass is 355 g/mol. The number of halogens is 3. The second kappa shape index (κ2) is 6.70. The van der Waals surface area contributed by atoms with Crippen LogP contribution in [0.4, 0.5) is 4.39 Å². The largest absolute Gasteiger partial charge is 0.313 e. The van der Waals surface area contributed by atoms with Gasteiger partial charge in [0.05, 0.1) is 0 Å². The van der Waals surface area contributed by atoms with Gasteiger partial charge < -0.3 is 5.32 Å². The van der Waals surface area contributed by atoms with Gasteiger partial charge in [0.1, 0.15) is 5.82 Å². The number of likely N-dealkylation sites (N-methyl/N-ethyl adjacent to an activating group) is 1. The Balaban J connectivity index is 2.28. The third kappa shape index (κ3) is 3.60. The van der Waals surface area contributed by atoms with Crippen LogP contribution in [0.5, 0.6) is 0 Å². The summed E-state index contributed by atoms with van der Waals surface area (Å²) in [6.07, 6.45) is 0.778. The van der Waals surface area contributed by atoms with Crippen molar-refractivity contribution in [3.63, 3.8) is 0 Å². The lowest BCUT2D eigenvalue weighted by Crippen LogP contribution is -2.20. The average Bonchev–Trinajstić information content (AvgIpc) is 2.39. The molecule has 1 atom stereocenters. The van der Waals surface area contributed by atoms with Crippen molar-refractivity contribution in [3.8, 4) is 0 Å². The number of nitrogens with one attached hydrogen (secondary N) is 1. The second-order valence-electron chi connectivity index (χ2n) is 4.78. The van der Waals surface area contributed by atoms with Gasteiger partial charge in [-0.05, 0) is 61.3 Å². The van der Waals surface area contributed by atoms with Gasteiger partial charge in [0.15, 0.2) is 0 Å². The summed E-state index contributed by atoms with van der Waals surface area (Å²) in [5.41, 5.74) is 3.42. The highest BCUT2D eigenvalue weighted by molar-refractivity contribution is 9.10. The summed E-state index contributed by atoms with van der Waals surface area (Å²) in [5.74, 6) is -0.232. The van der Waals surface area contributed by atoms with Crippen molar-refractivity contribution in [2.45, 2.75) is 19.4 Å². The summed E-state index contributed by atoms with van der Waals surface area (Å²) in [5, 5.41) is 4.05. The third-order valence-corrected chi connectivity index (χ3v) is 4.37. The molecule has 0 aliphatic carbocycles. The Morgan fingerprint density at radius 2 is 2.00 bits per heavy atom. The van der Waals surface area contributed by atoms with E-state index in [4.69, 9.17) is 11.6 Å². The molecule has 106 valence electrons. The first-order valence-electron chi connectivity index (χ1n) is 6.38. The minimum Gasteiger partial charge on any atom is -0.313 e. The van der Waals surface area contributed by atoms with Crippen molar-refractivity contribution in [1.82, 2.24) is 5.32 Å². The lowest BCUT2D eigenvalue weighted by atomic mass is 9.95. The fourth-order valence-electron chi connectivity index (χ4n) is 2.30. The molecule has 1 N–H and O–H groups in total. The van der Waals surface area contributed by atoms with E-state index in [1.807, 2.05) is 38.2 Å². The second-order valence-corrected chi connectivity index (χ2v) is 6.07. The Morgan fingerprint density at radius 1 is 1.25 bits per heavy atom. The molecule has 1 unspecified atom stereocenters. The first-order chi connectivity index (χ1) is 9.51. The molecule has 0 aliphatic rings. The summed E-state index contributed by atoms with van der Waals surface area (Å²) < 4.78 is 13.9. The molecular weight excluding hydrogens is 341 g/mol. The molecule has 0 radical (unpaired) electrons. The number of hydrogen-bond acceptors (Lipinski definition) is 1. The van der Waals surface area contributed by atoms with E-state index in [0.717, 1.165) is 27.0 Å². The molecule has 0 heterocycles. The zero-order valence-corrected chi connectivity index (χ0v) is 13.7. The van der Waals surface area contributed by atoms with E-state index in [2.05, 4.69) is 21.2 Å². The maximum Gasteiger partial charge on any atom is 0.124 e. The Morgan fingerprint density at radius 3 is 2.60 bits per heavy atom. The summed E-state index contributed by atoms with van der Waals surface area (Å²) in [7, 11) is 1.93. The molecule has 0 spiro atoms. The molecule has 20 heavy (non-hydrogen) atoms. The van der Waals surface area contributed by atoms with Crippen LogP contribution >= 0.6 is 27.5 Å². The molecule has 2 aromatic carbocycles. The number of hydrogen-bond donors (Lipinski definition) is 1. The van der Waals surface area contributed by atoms with E-state index in [1.54, 1.807) is 0 Å². The molecule has 0 aromatic heterocycles. The molecule has 2 aromatic rings. The average molecular weight is 357 g/mol. The van der Waals surface area contributed by atoms with Crippen LogP contribution in [0.1, 0.15) is 22.7 Å². The maximum atomic E-state index is 13.1. The lowest BCUT2D eigenvalue weighted by Gasteiger charge is -2.20. The number of rotatable bonds is 4. The van der Waals surface area contributed by atoms with Crippen molar-refractivity contribution in [2.75, 3.05) is 7.05 Å². The molecule has 4 heteroatoms. The minimum atomic E-state index is -0.232. The summed E-state index contributed by atoms with van der Waals surface area (Å²) in [4.78, 5) is 0. The lowest BCUT2D eigenvalue weighted by molar-refractivity contribution is 0.584. The van der Waals surface area contributed by atoms with E-state index in [-0.39, 0.29) is 11.9 Å². The molecule has 2 rings (SSSR count). The van der Waals surface area contributed by atoms with Crippen LogP contribution in [0.3, 0.4) is 0 Å². The van der Waals surface area contributed by atoms with Crippen molar-refractivity contribution in [1.29, 1.82) is 0 Å². The molecule has 0 saturated heterocycles. The van der Waals surface area contributed by atoms with E-state index in [9.17, 15) is 4.39 Å². The maximum absolute atomic E-state index is 13.1. The Hall–Kier alpha value is -0.900. The molecule has 0 amide bonds. The van der Waals surface area contributed by atoms with Crippen LogP contribution < -0.4 is 5.32 Å². The zero-order valence-electron chi connectivity index (χ0n) is 11.4. The molecular formula is C16H16BrClFN. The SMILES string of the molecule is CNC(Cc1ccc(F)cc1Br)c1ccc(Cl)cc1C. The number of aryl methyl sites for hydroxylation is 1.